The van der Waals surface area contributed by atoms with E-state index in [2.05, 4.69) is 31.4 Å². The third kappa shape index (κ3) is 6.43. The van der Waals surface area contributed by atoms with E-state index in [1.54, 1.807) is 12.1 Å². The van der Waals surface area contributed by atoms with Crippen molar-refractivity contribution in [2.75, 3.05) is 5.32 Å². The Hall–Kier alpha value is -1.84. The van der Waals surface area contributed by atoms with Crippen molar-refractivity contribution < 1.29 is 9.59 Å². The normalized spacial score (nSPS) is 11.9. The zero-order chi connectivity index (χ0) is 16.3. The van der Waals surface area contributed by atoms with Crippen LogP contribution in [0.3, 0.4) is 0 Å². The minimum atomic E-state index is -0.638. The summed E-state index contributed by atoms with van der Waals surface area (Å²) in [7, 11) is 0. The molecule has 0 aliphatic carbocycles. The van der Waals surface area contributed by atoms with Gasteiger partial charge in [0.2, 0.25) is 0 Å². The van der Waals surface area contributed by atoms with E-state index >= 15 is 0 Å². The number of benzene rings is 1. The lowest BCUT2D eigenvalue weighted by Crippen LogP contribution is -2.49. The number of hydrogen-bond acceptors (Lipinski definition) is 2. The van der Waals surface area contributed by atoms with Crippen LogP contribution in [0.4, 0.5) is 5.69 Å². The monoisotopic (exact) mass is 290 g/mol. The zero-order valence-corrected chi connectivity index (χ0v) is 13.8. The van der Waals surface area contributed by atoms with Gasteiger partial charge in [0.15, 0.2) is 0 Å². The Morgan fingerprint density at radius 2 is 1.48 bits per heavy atom. The average molecular weight is 290 g/mol. The molecule has 2 amide bonds. The van der Waals surface area contributed by atoms with E-state index in [1.165, 1.54) is 0 Å². The number of amides is 2. The van der Waals surface area contributed by atoms with Crippen LogP contribution in [0, 0.1) is 12.3 Å². The van der Waals surface area contributed by atoms with Crippen LogP contribution in [0.1, 0.15) is 46.6 Å². The second-order valence-corrected chi connectivity index (χ2v) is 7.40. The Kier molecular flexibility index (Phi) is 5.15. The van der Waals surface area contributed by atoms with E-state index in [4.69, 9.17) is 0 Å². The maximum atomic E-state index is 12.0. The molecule has 0 fully saturated rings. The van der Waals surface area contributed by atoms with Gasteiger partial charge in [-0.1, -0.05) is 38.5 Å². The molecule has 4 heteroatoms. The molecule has 0 bridgehead atoms. The highest BCUT2D eigenvalue weighted by Crippen LogP contribution is 2.26. The maximum Gasteiger partial charge on any atom is 0.313 e. The highest BCUT2D eigenvalue weighted by Gasteiger charge is 2.29. The second kappa shape index (κ2) is 6.29. The summed E-state index contributed by atoms with van der Waals surface area (Å²) in [6.45, 7) is 12.1. The molecular formula is C17H26N2O2. The van der Waals surface area contributed by atoms with Crippen LogP contribution in [0.15, 0.2) is 24.3 Å². The van der Waals surface area contributed by atoms with Crippen LogP contribution in [-0.4, -0.2) is 17.4 Å². The van der Waals surface area contributed by atoms with Crippen LogP contribution >= 0.6 is 0 Å². The largest absolute Gasteiger partial charge is 0.343 e. The van der Waals surface area contributed by atoms with Gasteiger partial charge in [0.05, 0.1) is 0 Å². The molecule has 21 heavy (non-hydrogen) atoms. The van der Waals surface area contributed by atoms with Gasteiger partial charge >= 0.3 is 11.8 Å². The summed E-state index contributed by atoms with van der Waals surface area (Å²) < 4.78 is 0. The number of hydrogen-bond donors (Lipinski definition) is 2. The molecule has 0 aliphatic heterocycles. The van der Waals surface area contributed by atoms with Crippen LogP contribution in [0.5, 0.6) is 0 Å². The fourth-order valence-corrected chi connectivity index (χ4v) is 2.56. The SMILES string of the molecule is Cc1ccc(NC(=O)C(=O)NC(C)(C)CC(C)(C)C)cc1. The van der Waals surface area contributed by atoms with Gasteiger partial charge in [0.1, 0.15) is 0 Å². The highest BCUT2D eigenvalue weighted by molar-refractivity contribution is 6.39. The lowest BCUT2D eigenvalue weighted by atomic mass is 9.82. The fourth-order valence-electron chi connectivity index (χ4n) is 2.56. The van der Waals surface area contributed by atoms with Crippen molar-refractivity contribution in [3.8, 4) is 0 Å². The topological polar surface area (TPSA) is 58.2 Å². The number of aryl methyl sites for hydroxylation is 1. The Morgan fingerprint density at radius 1 is 0.952 bits per heavy atom. The number of carbonyl (C=O) groups is 2. The highest BCUT2D eigenvalue weighted by atomic mass is 16.2. The number of carbonyl (C=O) groups excluding carboxylic acids is 2. The summed E-state index contributed by atoms with van der Waals surface area (Å²) in [6, 6.07) is 7.33. The molecule has 0 saturated carbocycles. The molecule has 0 aromatic heterocycles. The van der Waals surface area contributed by atoms with Crippen LogP contribution in [0.25, 0.3) is 0 Å². The van der Waals surface area contributed by atoms with Crippen LogP contribution in [0.2, 0.25) is 0 Å². The molecular weight excluding hydrogens is 264 g/mol. The molecule has 0 saturated heterocycles. The quantitative estimate of drug-likeness (QED) is 0.839. The van der Waals surface area contributed by atoms with Gasteiger partial charge in [0.25, 0.3) is 0 Å². The summed E-state index contributed by atoms with van der Waals surface area (Å²) >= 11 is 0. The molecule has 0 spiro atoms. The average Bonchev–Trinajstić information content (AvgIpc) is 2.28. The molecule has 0 aliphatic rings. The van der Waals surface area contributed by atoms with Crippen molar-refractivity contribution in [2.45, 2.75) is 53.5 Å². The van der Waals surface area contributed by atoms with Gasteiger partial charge < -0.3 is 10.6 Å². The van der Waals surface area contributed by atoms with Crippen molar-refractivity contribution in [2.24, 2.45) is 5.41 Å². The molecule has 1 aromatic rings. The van der Waals surface area contributed by atoms with E-state index in [0.717, 1.165) is 12.0 Å². The zero-order valence-electron chi connectivity index (χ0n) is 13.8. The molecule has 0 atom stereocenters. The van der Waals surface area contributed by atoms with Gasteiger partial charge in [0, 0.05) is 11.2 Å². The fraction of sp³-hybridized carbons (Fsp3) is 0.529. The first-order valence-corrected chi connectivity index (χ1v) is 7.19. The predicted molar refractivity (Wildman–Crippen MR) is 86.1 cm³/mol. The van der Waals surface area contributed by atoms with Gasteiger partial charge in [-0.05, 0) is 44.7 Å². The molecule has 0 unspecified atom stereocenters. The van der Waals surface area contributed by atoms with Crippen molar-refractivity contribution in [1.82, 2.24) is 5.32 Å². The Balaban J connectivity index is 2.62. The van der Waals surface area contributed by atoms with Gasteiger partial charge in [-0.25, -0.2) is 0 Å². The summed E-state index contributed by atoms with van der Waals surface area (Å²) in [5, 5.41) is 5.40. The standard InChI is InChI=1S/C17H26N2O2/c1-12-7-9-13(10-8-12)18-14(20)15(21)19-17(5,6)11-16(2,3)4/h7-10H,11H2,1-6H3,(H,18,20)(H,19,21). The first-order chi connectivity index (χ1) is 9.48. The van der Waals surface area contributed by atoms with Crippen molar-refractivity contribution in [3.05, 3.63) is 29.8 Å². The molecule has 4 nitrogen and oxygen atoms in total. The second-order valence-electron chi connectivity index (χ2n) is 7.40. The van der Waals surface area contributed by atoms with Crippen molar-refractivity contribution in [1.29, 1.82) is 0 Å². The van der Waals surface area contributed by atoms with Crippen LogP contribution < -0.4 is 10.6 Å². The van der Waals surface area contributed by atoms with Gasteiger partial charge in [-0.2, -0.15) is 0 Å². The summed E-state index contributed by atoms with van der Waals surface area (Å²) in [4.78, 5) is 23.9. The third-order valence-corrected chi connectivity index (χ3v) is 2.94. The first kappa shape index (κ1) is 17.2. The van der Waals surface area contributed by atoms with Gasteiger partial charge in [-0.3, -0.25) is 9.59 Å². The summed E-state index contributed by atoms with van der Waals surface area (Å²) in [5.74, 6) is -1.24. The maximum absolute atomic E-state index is 12.0. The minimum Gasteiger partial charge on any atom is -0.343 e. The van der Waals surface area contributed by atoms with E-state index in [9.17, 15) is 9.59 Å². The lowest BCUT2D eigenvalue weighted by molar-refractivity contribution is -0.137. The Labute approximate surface area is 127 Å². The third-order valence-electron chi connectivity index (χ3n) is 2.94. The molecule has 0 heterocycles. The molecule has 1 aromatic carbocycles. The van der Waals surface area contributed by atoms with E-state index in [1.807, 2.05) is 32.9 Å². The molecule has 116 valence electrons. The summed E-state index contributed by atoms with van der Waals surface area (Å²) in [6.07, 6.45) is 0.781. The van der Waals surface area contributed by atoms with E-state index < -0.39 is 17.4 Å². The number of nitrogens with one attached hydrogen (secondary N) is 2. The first-order valence-electron chi connectivity index (χ1n) is 7.19. The smallest absolute Gasteiger partial charge is 0.313 e. The number of anilines is 1. The van der Waals surface area contributed by atoms with Gasteiger partial charge in [-0.15, -0.1) is 0 Å². The molecule has 2 N–H and O–H groups in total. The lowest BCUT2D eigenvalue weighted by Gasteiger charge is -2.33. The number of rotatable bonds is 3. The van der Waals surface area contributed by atoms with E-state index in [0.29, 0.717) is 5.69 Å². The predicted octanol–water partition coefficient (Wildman–Crippen LogP) is 3.26. The van der Waals surface area contributed by atoms with Crippen molar-refractivity contribution >= 4 is 17.5 Å². The summed E-state index contributed by atoms with van der Waals surface area (Å²) in [5.41, 5.74) is 1.36. The van der Waals surface area contributed by atoms with E-state index in [-0.39, 0.29) is 5.41 Å². The Bertz CT molecular complexity index is 511. The van der Waals surface area contributed by atoms with Crippen LogP contribution in [-0.2, 0) is 9.59 Å². The molecule has 0 radical (unpaired) electrons. The minimum absolute atomic E-state index is 0.0736. The Morgan fingerprint density at radius 3 is 1.95 bits per heavy atom. The molecule has 1 rings (SSSR count). The van der Waals surface area contributed by atoms with Crippen molar-refractivity contribution in [3.63, 3.8) is 0 Å².